The van der Waals surface area contributed by atoms with Crippen LogP contribution in [0.5, 0.6) is 0 Å². The van der Waals surface area contributed by atoms with Crippen LogP contribution in [0.25, 0.3) is 0 Å². The Kier molecular flexibility index (Phi) is 5.49. The van der Waals surface area contributed by atoms with Crippen molar-refractivity contribution in [3.8, 4) is 0 Å². The molecule has 1 aromatic rings. The maximum absolute atomic E-state index is 12.0. The zero-order chi connectivity index (χ0) is 16.2. The normalized spacial score (nSPS) is 12.9. The third-order valence-electron chi connectivity index (χ3n) is 2.92. The van der Waals surface area contributed by atoms with Crippen molar-refractivity contribution in [1.29, 1.82) is 0 Å². The smallest absolute Gasteiger partial charge is 0.251 e. The Bertz CT molecular complexity index is 501. The molecule has 1 atom stereocenters. The quantitative estimate of drug-likeness (QED) is 0.794. The number of hydrogen-bond acceptors (Lipinski definition) is 3. The van der Waals surface area contributed by atoms with Crippen LogP contribution in [0.1, 0.15) is 45.0 Å². The van der Waals surface area contributed by atoms with E-state index in [-0.39, 0.29) is 23.3 Å². The lowest BCUT2D eigenvalue weighted by molar-refractivity contribution is -0.118. The van der Waals surface area contributed by atoms with Gasteiger partial charge in [0.15, 0.2) is 0 Å². The monoisotopic (exact) mass is 291 g/mol. The first-order valence-electron chi connectivity index (χ1n) is 7.09. The zero-order valence-electron chi connectivity index (χ0n) is 13.4. The summed E-state index contributed by atoms with van der Waals surface area (Å²) in [5, 5.41) is 5.62. The molecule has 0 bridgehead atoms. The van der Waals surface area contributed by atoms with Gasteiger partial charge in [-0.25, -0.2) is 0 Å². The van der Waals surface area contributed by atoms with Gasteiger partial charge < -0.3 is 16.4 Å². The summed E-state index contributed by atoms with van der Waals surface area (Å²) in [5.41, 5.74) is 6.68. The molecule has 116 valence electrons. The van der Waals surface area contributed by atoms with Crippen molar-refractivity contribution in [3.63, 3.8) is 0 Å². The average molecular weight is 291 g/mol. The Morgan fingerprint density at radius 1 is 1.10 bits per heavy atom. The van der Waals surface area contributed by atoms with Gasteiger partial charge in [0, 0.05) is 16.8 Å². The first kappa shape index (κ1) is 17.2. The van der Waals surface area contributed by atoms with Crippen molar-refractivity contribution in [2.24, 2.45) is 11.7 Å². The van der Waals surface area contributed by atoms with Gasteiger partial charge in [-0.05, 0) is 51.0 Å². The first-order chi connectivity index (χ1) is 9.60. The van der Waals surface area contributed by atoms with Crippen LogP contribution in [0.4, 0.5) is 5.69 Å². The summed E-state index contributed by atoms with van der Waals surface area (Å²) < 4.78 is 0. The van der Waals surface area contributed by atoms with Gasteiger partial charge in [0.25, 0.3) is 5.91 Å². The minimum Gasteiger partial charge on any atom is -0.347 e. The second-order valence-corrected chi connectivity index (χ2v) is 6.54. The van der Waals surface area contributed by atoms with E-state index in [2.05, 4.69) is 10.6 Å². The summed E-state index contributed by atoms with van der Waals surface area (Å²) in [6.45, 7) is 9.56. The molecular formula is C16H25N3O2. The van der Waals surface area contributed by atoms with E-state index >= 15 is 0 Å². The highest BCUT2D eigenvalue weighted by molar-refractivity contribution is 5.97. The van der Waals surface area contributed by atoms with Gasteiger partial charge in [0.05, 0.1) is 6.04 Å². The van der Waals surface area contributed by atoms with Gasteiger partial charge in [-0.2, -0.15) is 0 Å². The summed E-state index contributed by atoms with van der Waals surface area (Å²) in [7, 11) is 0. The molecule has 0 radical (unpaired) electrons. The third kappa shape index (κ3) is 5.55. The summed E-state index contributed by atoms with van der Waals surface area (Å²) in [6.07, 6.45) is 0. The lowest BCUT2D eigenvalue weighted by atomic mass is 10.0. The molecule has 0 aromatic heterocycles. The predicted octanol–water partition coefficient (Wildman–Crippen LogP) is 2.14. The Morgan fingerprint density at radius 3 is 2.05 bits per heavy atom. The fourth-order valence-corrected chi connectivity index (χ4v) is 1.65. The van der Waals surface area contributed by atoms with E-state index in [1.165, 1.54) is 0 Å². The highest BCUT2D eigenvalue weighted by Crippen LogP contribution is 2.12. The molecule has 0 saturated heterocycles. The SMILES string of the molecule is CC(C)C(N)C(=O)Nc1ccc(C(=O)NC(C)(C)C)cc1. The number of amides is 2. The molecule has 0 heterocycles. The van der Waals surface area contributed by atoms with E-state index < -0.39 is 6.04 Å². The van der Waals surface area contributed by atoms with E-state index in [9.17, 15) is 9.59 Å². The zero-order valence-corrected chi connectivity index (χ0v) is 13.4. The molecule has 1 rings (SSSR count). The number of carbonyl (C=O) groups is 2. The fraction of sp³-hybridized carbons (Fsp3) is 0.500. The van der Waals surface area contributed by atoms with Gasteiger partial charge in [0.2, 0.25) is 5.91 Å². The number of carbonyl (C=O) groups excluding carboxylic acids is 2. The number of rotatable bonds is 4. The van der Waals surface area contributed by atoms with Gasteiger partial charge >= 0.3 is 0 Å². The topological polar surface area (TPSA) is 84.2 Å². The van der Waals surface area contributed by atoms with E-state index in [0.717, 1.165) is 0 Å². The summed E-state index contributed by atoms with van der Waals surface area (Å²) in [4.78, 5) is 23.8. The predicted molar refractivity (Wildman–Crippen MR) is 85.1 cm³/mol. The van der Waals surface area contributed by atoms with E-state index in [1.54, 1.807) is 24.3 Å². The van der Waals surface area contributed by atoms with Crippen LogP contribution in [0.3, 0.4) is 0 Å². The Balaban J connectivity index is 2.70. The molecule has 0 spiro atoms. The first-order valence-corrected chi connectivity index (χ1v) is 7.09. The molecule has 4 N–H and O–H groups in total. The molecule has 21 heavy (non-hydrogen) atoms. The van der Waals surface area contributed by atoms with Crippen molar-refractivity contribution in [1.82, 2.24) is 5.32 Å². The summed E-state index contributed by atoms with van der Waals surface area (Å²) in [6, 6.07) is 6.20. The minimum absolute atomic E-state index is 0.0711. The minimum atomic E-state index is -0.547. The van der Waals surface area contributed by atoms with Crippen LogP contribution in [0.2, 0.25) is 0 Å². The van der Waals surface area contributed by atoms with Crippen LogP contribution in [0.15, 0.2) is 24.3 Å². The lowest BCUT2D eigenvalue weighted by Crippen LogP contribution is -2.40. The third-order valence-corrected chi connectivity index (χ3v) is 2.92. The van der Waals surface area contributed by atoms with Crippen LogP contribution in [0, 0.1) is 5.92 Å². The molecule has 0 aliphatic rings. The highest BCUT2D eigenvalue weighted by Gasteiger charge is 2.18. The van der Waals surface area contributed by atoms with Crippen molar-refractivity contribution in [2.75, 3.05) is 5.32 Å². The molecule has 1 unspecified atom stereocenters. The Hall–Kier alpha value is -1.88. The second-order valence-electron chi connectivity index (χ2n) is 6.54. The van der Waals surface area contributed by atoms with Gasteiger partial charge in [0.1, 0.15) is 0 Å². The summed E-state index contributed by atoms with van der Waals surface area (Å²) >= 11 is 0. The summed E-state index contributed by atoms with van der Waals surface area (Å²) in [5.74, 6) is -0.294. The standard InChI is InChI=1S/C16H25N3O2/c1-10(2)13(17)15(21)18-12-8-6-11(7-9-12)14(20)19-16(3,4)5/h6-10,13H,17H2,1-5H3,(H,18,21)(H,19,20). The van der Waals surface area contributed by atoms with Gasteiger partial charge in [-0.3, -0.25) is 9.59 Å². The molecular weight excluding hydrogens is 266 g/mol. The van der Waals surface area contributed by atoms with Crippen LogP contribution in [-0.2, 0) is 4.79 Å². The van der Waals surface area contributed by atoms with Gasteiger partial charge in [-0.15, -0.1) is 0 Å². The van der Waals surface area contributed by atoms with Crippen molar-refractivity contribution < 1.29 is 9.59 Å². The van der Waals surface area contributed by atoms with E-state index in [1.807, 2.05) is 34.6 Å². The maximum Gasteiger partial charge on any atom is 0.251 e. The van der Waals surface area contributed by atoms with Crippen molar-refractivity contribution in [3.05, 3.63) is 29.8 Å². The van der Waals surface area contributed by atoms with E-state index in [0.29, 0.717) is 11.3 Å². The number of hydrogen-bond donors (Lipinski definition) is 3. The average Bonchev–Trinajstić information content (AvgIpc) is 2.36. The van der Waals surface area contributed by atoms with Gasteiger partial charge in [-0.1, -0.05) is 13.8 Å². The van der Waals surface area contributed by atoms with Crippen LogP contribution in [-0.4, -0.2) is 23.4 Å². The molecule has 5 heteroatoms. The molecule has 2 amide bonds. The van der Waals surface area contributed by atoms with E-state index in [4.69, 9.17) is 5.73 Å². The number of anilines is 1. The molecule has 0 aliphatic carbocycles. The number of nitrogens with one attached hydrogen (secondary N) is 2. The highest BCUT2D eigenvalue weighted by atomic mass is 16.2. The largest absolute Gasteiger partial charge is 0.347 e. The van der Waals surface area contributed by atoms with Crippen molar-refractivity contribution >= 4 is 17.5 Å². The maximum atomic E-state index is 12.0. The molecule has 0 aliphatic heterocycles. The Morgan fingerprint density at radius 2 is 1.62 bits per heavy atom. The lowest BCUT2D eigenvalue weighted by Gasteiger charge is -2.20. The molecule has 5 nitrogen and oxygen atoms in total. The second kappa shape index (κ2) is 6.72. The number of nitrogens with two attached hydrogens (primary N) is 1. The molecule has 0 fully saturated rings. The van der Waals surface area contributed by atoms with Crippen molar-refractivity contribution in [2.45, 2.75) is 46.2 Å². The molecule has 1 aromatic carbocycles. The van der Waals surface area contributed by atoms with Crippen LogP contribution >= 0.6 is 0 Å². The van der Waals surface area contributed by atoms with Crippen LogP contribution < -0.4 is 16.4 Å². The molecule has 0 saturated carbocycles. The Labute approximate surface area is 126 Å². The fourth-order valence-electron chi connectivity index (χ4n) is 1.65. The number of benzene rings is 1.